The molecule has 0 amide bonds. The van der Waals surface area contributed by atoms with Crippen molar-refractivity contribution in [3.8, 4) is 33.7 Å². The fourth-order valence-electron chi connectivity index (χ4n) is 8.53. The average Bonchev–Trinajstić information content (AvgIpc) is 3.72. The Labute approximate surface area is 324 Å². The van der Waals surface area contributed by atoms with Crippen LogP contribution in [-0.2, 0) is 0 Å². The number of nitrogens with zero attached hydrogens (tertiary/aromatic N) is 2. The van der Waals surface area contributed by atoms with E-state index < -0.39 is 0 Å². The van der Waals surface area contributed by atoms with Crippen molar-refractivity contribution >= 4 is 71.3 Å². The van der Waals surface area contributed by atoms with Gasteiger partial charge in [0.25, 0.3) is 0 Å². The predicted octanol–water partition coefficient (Wildman–Crippen LogP) is 14.9. The minimum Gasteiger partial charge on any atom is -0.435 e. The van der Waals surface area contributed by atoms with Crippen LogP contribution in [0.15, 0.2) is 211 Å². The standard InChI is InChI=1S/C53H34N2O/c1-4-15-35(16-5-1)40-32-34-49(43-23-11-10-22-42(40)43)55(47-25-13-12-21-41(47)36-17-6-2-7-18-36)48-26-14-24-45-44(48)31-29-37-27-28-38-30-33-46-52(51(38)50(37)45)56-53(54-46)39-19-8-3-9-20-39/h1-34H. The third-order valence-corrected chi connectivity index (χ3v) is 11.1. The van der Waals surface area contributed by atoms with E-state index >= 15 is 0 Å². The highest BCUT2D eigenvalue weighted by Crippen LogP contribution is 2.48. The molecule has 0 aliphatic heterocycles. The van der Waals surface area contributed by atoms with Crippen molar-refractivity contribution in [2.45, 2.75) is 0 Å². The van der Waals surface area contributed by atoms with Crippen LogP contribution in [0.3, 0.4) is 0 Å². The van der Waals surface area contributed by atoms with Gasteiger partial charge in [-0.1, -0.05) is 170 Å². The first-order valence-corrected chi connectivity index (χ1v) is 19.0. The molecule has 0 N–H and O–H groups in total. The average molecular weight is 715 g/mol. The molecule has 0 bridgehead atoms. The van der Waals surface area contributed by atoms with Crippen molar-refractivity contribution in [2.24, 2.45) is 0 Å². The van der Waals surface area contributed by atoms with Gasteiger partial charge >= 0.3 is 0 Å². The summed E-state index contributed by atoms with van der Waals surface area (Å²) in [5.74, 6) is 0.626. The third-order valence-electron chi connectivity index (χ3n) is 11.1. The minimum atomic E-state index is 0.626. The van der Waals surface area contributed by atoms with Crippen molar-refractivity contribution in [1.29, 1.82) is 0 Å². The Hall–Kier alpha value is -7.49. The van der Waals surface area contributed by atoms with E-state index in [2.05, 4.69) is 181 Å². The van der Waals surface area contributed by atoms with Gasteiger partial charge in [-0.2, -0.15) is 0 Å². The Morgan fingerprint density at radius 2 is 0.875 bits per heavy atom. The molecule has 11 rings (SSSR count). The molecule has 0 atom stereocenters. The maximum atomic E-state index is 6.68. The molecule has 11 aromatic rings. The molecule has 1 heterocycles. The monoisotopic (exact) mass is 714 g/mol. The molecular formula is C53H34N2O. The van der Waals surface area contributed by atoms with Crippen LogP contribution in [0.4, 0.5) is 17.1 Å². The van der Waals surface area contributed by atoms with Crippen molar-refractivity contribution < 1.29 is 4.42 Å². The lowest BCUT2D eigenvalue weighted by Crippen LogP contribution is -2.12. The Kier molecular flexibility index (Phi) is 7.49. The summed E-state index contributed by atoms with van der Waals surface area (Å²) in [7, 11) is 0. The number of benzene rings is 10. The van der Waals surface area contributed by atoms with E-state index in [0.29, 0.717) is 5.89 Å². The summed E-state index contributed by atoms with van der Waals surface area (Å²) in [4.78, 5) is 7.44. The van der Waals surface area contributed by atoms with Gasteiger partial charge in [0.05, 0.1) is 17.1 Å². The Bertz CT molecular complexity index is 3240. The van der Waals surface area contributed by atoms with E-state index in [1.807, 2.05) is 30.3 Å². The van der Waals surface area contributed by atoms with Crippen LogP contribution in [0, 0.1) is 0 Å². The highest BCUT2D eigenvalue weighted by Gasteiger charge is 2.23. The number of anilines is 3. The second-order valence-electron chi connectivity index (χ2n) is 14.3. The Morgan fingerprint density at radius 3 is 1.64 bits per heavy atom. The second-order valence-corrected chi connectivity index (χ2v) is 14.3. The molecular weight excluding hydrogens is 681 g/mol. The SMILES string of the molecule is c1ccc(-c2nc3ccc4ccc5ccc6c(N(c7ccccc7-c7ccccc7)c7ccc(-c8ccccc8)c8ccccc78)cccc6c5c4c3o2)cc1. The van der Waals surface area contributed by atoms with Crippen molar-refractivity contribution in [3.63, 3.8) is 0 Å². The van der Waals surface area contributed by atoms with Crippen LogP contribution >= 0.6 is 0 Å². The lowest BCUT2D eigenvalue weighted by molar-refractivity contribution is 0.623. The van der Waals surface area contributed by atoms with Gasteiger partial charge in [0.15, 0.2) is 5.58 Å². The van der Waals surface area contributed by atoms with E-state index in [1.165, 1.54) is 21.9 Å². The number of oxazole rings is 1. The van der Waals surface area contributed by atoms with Crippen molar-refractivity contribution in [3.05, 3.63) is 206 Å². The fraction of sp³-hybridized carbons (Fsp3) is 0. The fourth-order valence-corrected chi connectivity index (χ4v) is 8.53. The van der Waals surface area contributed by atoms with Crippen molar-refractivity contribution in [1.82, 2.24) is 4.98 Å². The predicted molar refractivity (Wildman–Crippen MR) is 235 cm³/mol. The maximum Gasteiger partial charge on any atom is 0.227 e. The summed E-state index contributed by atoms with van der Waals surface area (Å²) in [6, 6.07) is 73.6. The van der Waals surface area contributed by atoms with Crippen LogP contribution < -0.4 is 4.90 Å². The number of hydrogen-bond donors (Lipinski definition) is 0. The highest BCUT2D eigenvalue weighted by atomic mass is 16.3. The van der Waals surface area contributed by atoms with Gasteiger partial charge in [0.1, 0.15) is 5.52 Å². The summed E-state index contributed by atoms with van der Waals surface area (Å²) >= 11 is 0. The van der Waals surface area contributed by atoms with Gasteiger partial charge in [-0.05, 0) is 74.6 Å². The second kappa shape index (κ2) is 13.1. The Morgan fingerprint density at radius 1 is 0.339 bits per heavy atom. The van der Waals surface area contributed by atoms with Gasteiger partial charge in [-0.15, -0.1) is 0 Å². The lowest BCUT2D eigenvalue weighted by atomic mass is 9.93. The summed E-state index contributed by atoms with van der Waals surface area (Å²) < 4.78 is 6.68. The van der Waals surface area contributed by atoms with E-state index in [9.17, 15) is 0 Å². The molecule has 0 aliphatic rings. The van der Waals surface area contributed by atoms with Gasteiger partial charge < -0.3 is 9.32 Å². The van der Waals surface area contributed by atoms with Gasteiger partial charge in [0, 0.05) is 32.7 Å². The summed E-state index contributed by atoms with van der Waals surface area (Å²) in [5.41, 5.74) is 10.7. The maximum absolute atomic E-state index is 6.68. The zero-order valence-corrected chi connectivity index (χ0v) is 30.4. The minimum absolute atomic E-state index is 0.626. The van der Waals surface area contributed by atoms with E-state index in [1.54, 1.807) is 0 Å². The van der Waals surface area contributed by atoms with E-state index in [4.69, 9.17) is 9.40 Å². The first kappa shape index (κ1) is 32.0. The molecule has 1 aromatic heterocycles. The zero-order valence-electron chi connectivity index (χ0n) is 30.4. The van der Waals surface area contributed by atoms with Crippen LogP contribution in [0.1, 0.15) is 0 Å². The number of rotatable bonds is 6. The molecule has 56 heavy (non-hydrogen) atoms. The number of aromatic nitrogens is 1. The summed E-state index contributed by atoms with van der Waals surface area (Å²) in [5, 5.41) is 9.19. The quantitative estimate of drug-likeness (QED) is 0.161. The largest absolute Gasteiger partial charge is 0.435 e. The first-order valence-electron chi connectivity index (χ1n) is 19.0. The smallest absolute Gasteiger partial charge is 0.227 e. The molecule has 3 nitrogen and oxygen atoms in total. The van der Waals surface area contributed by atoms with Crippen LogP contribution in [0.5, 0.6) is 0 Å². The third kappa shape index (κ3) is 5.17. The number of fused-ring (bicyclic) bond motifs is 8. The first-order chi connectivity index (χ1) is 27.8. The molecule has 10 aromatic carbocycles. The molecule has 0 saturated carbocycles. The molecule has 3 heteroatoms. The molecule has 0 spiro atoms. The Balaban J connectivity index is 1.22. The van der Waals surface area contributed by atoms with Crippen LogP contribution in [-0.4, -0.2) is 4.98 Å². The summed E-state index contributed by atoms with van der Waals surface area (Å²) in [6.45, 7) is 0. The molecule has 0 unspecified atom stereocenters. The normalized spacial score (nSPS) is 11.6. The van der Waals surface area contributed by atoms with Crippen LogP contribution in [0.2, 0.25) is 0 Å². The summed E-state index contributed by atoms with van der Waals surface area (Å²) in [6.07, 6.45) is 0. The molecule has 0 saturated heterocycles. The van der Waals surface area contributed by atoms with Gasteiger partial charge in [-0.25, -0.2) is 4.98 Å². The molecule has 0 radical (unpaired) electrons. The van der Waals surface area contributed by atoms with Gasteiger partial charge in [-0.3, -0.25) is 0 Å². The van der Waals surface area contributed by atoms with E-state index in [0.717, 1.165) is 77.2 Å². The number of hydrogen-bond acceptors (Lipinski definition) is 3. The highest BCUT2D eigenvalue weighted by molar-refractivity contribution is 6.27. The van der Waals surface area contributed by atoms with Gasteiger partial charge in [0.2, 0.25) is 5.89 Å². The molecule has 0 fully saturated rings. The zero-order chi connectivity index (χ0) is 37.0. The van der Waals surface area contributed by atoms with Crippen LogP contribution in [0.25, 0.3) is 87.9 Å². The van der Waals surface area contributed by atoms with Crippen molar-refractivity contribution in [2.75, 3.05) is 4.90 Å². The topological polar surface area (TPSA) is 29.3 Å². The molecule has 262 valence electrons. The molecule has 0 aliphatic carbocycles. The number of para-hydroxylation sites is 1. The van der Waals surface area contributed by atoms with E-state index in [-0.39, 0.29) is 0 Å². The lowest BCUT2D eigenvalue weighted by Gasteiger charge is -2.30.